The Morgan fingerprint density at radius 3 is 2.61 bits per heavy atom. The highest BCUT2D eigenvalue weighted by Gasteiger charge is 2.29. The summed E-state index contributed by atoms with van der Waals surface area (Å²) < 4.78 is 16.2. The summed E-state index contributed by atoms with van der Waals surface area (Å²) in [6.45, 7) is 3.39. The van der Waals surface area contributed by atoms with Gasteiger partial charge in [0.15, 0.2) is 11.5 Å². The second-order valence-corrected chi connectivity index (χ2v) is 9.69. The molecule has 2 aliphatic heterocycles. The summed E-state index contributed by atoms with van der Waals surface area (Å²) in [5.41, 5.74) is 1.88. The first kappa shape index (κ1) is 25.7. The molecule has 2 aromatic carbocycles. The fraction of sp³-hybridized carbons (Fsp3) is 0.429. The number of hydrogen-bond donors (Lipinski definition) is 1. The maximum atomic E-state index is 13.2. The molecule has 2 saturated heterocycles. The molecular weight excluding hydrogens is 486 g/mol. The van der Waals surface area contributed by atoms with Gasteiger partial charge in [0.2, 0.25) is 17.6 Å². The molecule has 1 unspecified atom stereocenters. The van der Waals surface area contributed by atoms with E-state index in [9.17, 15) is 9.59 Å². The van der Waals surface area contributed by atoms with Crippen LogP contribution in [-0.2, 0) is 11.3 Å². The van der Waals surface area contributed by atoms with Crippen molar-refractivity contribution in [3.8, 4) is 22.9 Å². The van der Waals surface area contributed by atoms with Gasteiger partial charge in [0.05, 0.1) is 37.9 Å². The Bertz CT molecular complexity index is 1290. The number of rotatable bonds is 8. The number of nitrogens with zero attached hydrogens (tertiary/aromatic N) is 4. The van der Waals surface area contributed by atoms with Crippen LogP contribution in [0.1, 0.15) is 41.9 Å². The molecule has 0 radical (unpaired) electrons. The van der Waals surface area contributed by atoms with Gasteiger partial charge in [-0.3, -0.25) is 14.5 Å². The summed E-state index contributed by atoms with van der Waals surface area (Å²) >= 11 is 0. The minimum atomic E-state index is -0.202. The highest BCUT2D eigenvalue weighted by atomic mass is 16.5. The van der Waals surface area contributed by atoms with Crippen molar-refractivity contribution in [2.45, 2.75) is 32.2 Å². The van der Waals surface area contributed by atoms with Crippen molar-refractivity contribution in [3.05, 3.63) is 53.9 Å². The maximum Gasteiger partial charge on any atom is 0.255 e. The van der Waals surface area contributed by atoms with Crippen LogP contribution in [0.15, 0.2) is 47.0 Å². The van der Waals surface area contributed by atoms with Crippen LogP contribution >= 0.6 is 0 Å². The van der Waals surface area contributed by atoms with Gasteiger partial charge in [-0.1, -0.05) is 17.3 Å². The molecule has 200 valence electrons. The third-order valence-electron chi connectivity index (χ3n) is 7.15. The lowest BCUT2D eigenvalue weighted by molar-refractivity contribution is -0.121. The molecule has 10 nitrogen and oxygen atoms in total. The fourth-order valence-electron chi connectivity index (χ4n) is 5.12. The molecule has 2 fully saturated rings. The molecule has 5 rings (SSSR count). The topological polar surface area (TPSA) is 110 Å². The normalized spacial score (nSPS) is 17.8. The predicted octanol–water partition coefficient (Wildman–Crippen LogP) is 3.84. The van der Waals surface area contributed by atoms with E-state index in [4.69, 9.17) is 14.0 Å². The second kappa shape index (κ2) is 11.6. The van der Waals surface area contributed by atoms with E-state index in [1.807, 2.05) is 23.1 Å². The highest BCUT2D eigenvalue weighted by Crippen LogP contribution is 2.31. The number of aromatic nitrogens is 2. The number of hydrogen-bond acceptors (Lipinski definition) is 8. The number of para-hydroxylation sites is 1. The van der Waals surface area contributed by atoms with Gasteiger partial charge < -0.3 is 24.2 Å². The van der Waals surface area contributed by atoms with Crippen molar-refractivity contribution in [1.82, 2.24) is 19.9 Å². The number of anilines is 1. The number of nitrogens with one attached hydrogen (secondary N) is 1. The van der Waals surface area contributed by atoms with E-state index in [1.165, 1.54) is 0 Å². The molecule has 2 amide bonds. The first-order valence-corrected chi connectivity index (χ1v) is 13.0. The molecule has 0 saturated carbocycles. The van der Waals surface area contributed by atoms with E-state index >= 15 is 0 Å². The van der Waals surface area contributed by atoms with Gasteiger partial charge >= 0.3 is 0 Å². The SMILES string of the molecule is COc1ccc(-c2noc(CN3CCCC(C(=O)Nc4ccccc4C(=O)N4CCCC4)C3)n2)cc1OC. The zero-order valence-electron chi connectivity index (χ0n) is 21.8. The Kier molecular flexibility index (Phi) is 7.88. The summed E-state index contributed by atoms with van der Waals surface area (Å²) in [5, 5.41) is 7.16. The van der Waals surface area contributed by atoms with E-state index in [2.05, 4.69) is 20.4 Å². The summed E-state index contributed by atoms with van der Waals surface area (Å²) in [7, 11) is 3.17. The number of methoxy groups -OCH3 is 2. The number of likely N-dealkylation sites (tertiary alicyclic amines) is 2. The van der Waals surface area contributed by atoms with Crippen LogP contribution in [-0.4, -0.2) is 72.2 Å². The standard InChI is InChI=1S/C28H33N5O5/c1-36-23-12-11-19(16-24(23)37-2)26-30-25(38-31-26)18-32-13-7-8-20(17-32)27(34)29-22-10-4-3-9-21(22)28(35)33-14-5-6-15-33/h3-4,9-12,16,20H,5-8,13-15,17-18H2,1-2H3,(H,29,34). The van der Waals surface area contributed by atoms with Crippen LogP contribution in [0.3, 0.4) is 0 Å². The van der Waals surface area contributed by atoms with Crippen molar-refractivity contribution in [1.29, 1.82) is 0 Å². The molecule has 0 aliphatic carbocycles. The smallest absolute Gasteiger partial charge is 0.255 e. The van der Waals surface area contributed by atoms with Crippen molar-refractivity contribution >= 4 is 17.5 Å². The third-order valence-corrected chi connectivity index (χ3v) is 7.15. The Hall–Kier alpha value is -3.92. The molecule has 1 N–H and O–H groups in total. The van der Waals surface area contributed by atoms with Crippen molar-refractivity contribution in [3.63, 3.8) is 0 Å². The average Bonchev–Trinajstić information content (AvgIpc) is 3.66. The van der Waals surface area contributed by atoms with Crippen LogP contribution in [0.2, 0.25) is 0 Å². The van der Waals surface area contributed by atoms with Crippen molar-refractivity contribution in [2.75, 3.05) is 45.7 Å². The molecule has 3 aromatic rings. The number of piperidine rings is 1. The quantitative estimate of drug-likeness (QED) is 0.478. The van der Waals surface area contributed by atoms with Crippen LogP contribution in [0.4, 0.5) is 5.69 Å². The van der Waals surface area contributed by atoms with Crippen molar-refractivity contribution in [2.24, 2.45) is 5.92 Å². The largest absolute Gasteiger partial charge is 0.493 e. The summed E-state index contributed by atoms with van der Waals surface area (Å²) in [5.74, 6) is 1.86. The Labute approximate surface area is 221 Å². The van der Waals surface area contributed by atoms with Crippen LogP contribution in [0.5, 0.6) is 11.5 Å². The zero-order valence-corrected chi connectivity index (χ0v) is 21.8. The van der Waals surface area contributed by atoms with E-state index in [0.29, 0.717) is 47.6 Å². The molecule has 10 heteroatoms. The Morgan fingerprint density at radius 1 is 1.03 bits per heavy atom. The minimum absolute atomic E-state index is 0.0228. The first-order valence-electron chi connectivity index (χ1n) is 13.0. The molecule has 1 aromatic heterocycles. The van der Waals surface area contributed by atoms with Crippen LogP contribution in [0.25, 0.3) is 11.4 Å². The number of ether oxygens (including phenoxy) is 2. The Balaban J connectivity index is 1.21. The number of carbonyl (C=O) groups is 2. The summed E-state index contributed by atoms with van der Waals surface area (Å²) in [6.07, 6.45) is 3.70. The third kappa shape index (κ3) is 5.65. The lowest BCUT2D eigenvalue weighted by Gasteiger charge is -2.31. The minimum Gasteiger partial charge on any atom is -0.493 e. The maximum absolute atomic E-state index is 13.2. The summed E-state index contributed by atoms with van der Waals surface area (Å²) in [6, 6.07) is 12.7. The lowest BCUT2D eigenvalue weighted by Crippen LogP contribution is -2.40. The molecule has 3 heterocycles. The van der Waals surface area contributed by atoms with Gasteiger partial charge in [-0.2, -0.15) is 4.98 Å². The van der Waals surface area contributed by atoms with Crippen LogP contribution in [0, 0.1) is 5.92 Å². The van der Waals surface area contributed by atoms with Gasteiger partial charge in [-0.05, 0) is 62.6 Å². The average molecular weight is 520 g/mol. The van der Waals surface area contributed by atoms with Crippen molar-refractivity contribution < 1.29 is 23.6 Å². The molecule has 0 spiro atoms. The van der Waals surface area contributed by atoms with E-state index in [1.54, 1.807) is 38.5 Å². The number of benzene rings is 2. The molecule has 1 atom stereocenters. The lowest BCUT2D eigenvalue weighted by atomic mass is 9.96. The zero-order chi connectivity index (χ0) is 26.5. The summed E-state index contributed by atoms with van der Waals surface area (Å²) in [4.78, 5) is 34.8. The first-order chi connectivity index (χ1) is 18.6. The predicted molar refractivity (Wildman–Crippen MR) is 141 cm³/mol. The van der Waals surface area contributed by atoms with E-state index in [0.717, 1.165) is 50.9 Å². The molecule has 2 aliphatic rings. The van der Waals surface area contributed by atoms with Gasteiger partial charge in [-0.15, -0.1) is 0 Å². The highest BCUT2D eigenvalue weighted by molar-refractivity contribution is 6.04. The molecule has 0 bridgehead atoms. The Morgan fingerprint density at radius 2 is 1.82 bits per heavy atom. The number of carbonyl (C=O) groups excluding carboxylic acids is 2. The van der Waals surface area contributed by atoms with Gasteiger partial charge in [0.25, 0.3) is 5.91 Å². The van der Waals surface area contributed by atoms with Gasteiger partial charge in [-0.25, -0.2) is 0 Å². The fourth-order valence-corrected chi connectivity index (χ4v) is 5.12. The van der Waals surface area contributed by atoms with Gasteiger partial charge in [0, 0.05) is 25.2 Å². The molecule has 38 heavy (non-hydrogen) atoms. The van der Waals surface area contributed by atoms with E-state index in [-0.39, 0.29) is 17.7 Å². The van der Waals surface area contributed by atoms with E-state index < -0.39 is 0 Å². The van der Waals surface area contributed by atoms with Gasteiger partial charge in [0.1, 0.15) is 0 Å². The monoisotopic (exact) mass is 519 g/mol. The number of amides is 2. The molecular formula is C28H33N5O5. The second-order valence-electron chi connectivity index (χ2n) is 9.69. The van der Waals surface area contributed by atoms with Crippen LogP contribution < -0.4 is 14.8 Å².